The fourth-order valence-electron chi connectivity index (χ4n) is 8.68. The summed E-state index contributed by atoms with van der Waals surface area (Å²) in [6, 6.07) is 14.7. The zero-order valence-electron chi connectivity index (χ0n) is 25.5. The lowest BCUT2D eigenvalue weighted by atomic mass is 9.65. The Bertz CT molecular complexity index is 1340. The van der Waals surface area contributed by atoms with Crippen LogP contribution in [-0.4, -0.2) is 66.8 Å². The van der Waals surface area contributed by atoms with Crippen LogP contribution in [0.3, 0.4) is 0 Å². The first kappa shape index (κ1) is 30.1. The zero-order chi connectivity index (χ0) is 30.1. The molecule has 0 bridgehead atoms. The Kier molecular flexibility index (Phi) is 8.84. The van der Waals surface area contributed by atoms with Crippen LogP contribution < -0.4 is 10.6 Å². The van der Waals surface area contributed by atoms with Crippen LogP contribution in [0.15, 0.2) is 48.5 Å². The van der Waals surface area contributed by atoms with Crippen molar-refractivity contribution in [1.29, 1.82) is 0 Å². The van der Waals surface area contributed by atoms with Crippen LogP contribution in [-0.2, 0) is 33.8 Å². The van der Waals surface area contributed by atoms with Crippen molar-refractivity contribution in [3.63, 3.8) is 0 Å². The van der Waals surface area contributed by atoms with Gasteiger partial charge in [-0.15, -0.1) is 0 Å². The molecule has 2 aliphatic heterocycles. The van der Waals surface area contributed by atoms with E-state index in [1.807, 2.05) is 55.4 Å². The summed E-state index contributed by atoms with van der Waals surface area (Å²) in [6.07, 6.45) is 8.62. The quantitative estimate of drug-likeness (QED) is 0.505. The topological polar surface area (TPSA) is 81.8 Å². The summed E-state index contributed by atoms with van der Waals surface area (Å²) < 4.78 is 0. The van der Waals surface area contributed by atoms with Gasteiger partial charge in [-0.1, -0.05) is 60.8 Å². The average molecular weight is 605 g/mol. The maximum atomic E-state index is 14.1. The number of carbonyl (C=O) groups is 3. The van der Waals surface area contributed by atoms with Gasteiger partial charge in [0.1, 0.15) is 6.04 Å². The third-order valence-electron chi connectivity index (χ3n) is 10.9. The summed E-state index contributed by atoms with van der Waals surface area (Å²) in [5.74, 6) is 1.26. The third-order valence-corrected chi connectivity index (χ3v) is 11.2. The van der Waals surface area contributed by atoms with Crippen LogP contribution in [0.2, 0.25) is 5.02 Å². The van der Waals surface area contributed by atoms with Gasteiger partial charge in [0.15, 0.2) is 0 Å². The van der Waals surface area contributed by atoms with Crippen LogP contribution in [0.1, 0.15) is 61.6 Å². The molecule has 5 atom stereocenters. The Labute approximate surface area is 260 Å². The Balaban J connectivity index is 1.16. The summed E-state index contributed by atoms with van der Waals surface area (Å²) in [6.45, 7) is 1.98. The number of nitrogens with zero attached hydrogens (tertiary/aromatic N) is 2. The van der Waals surface area contributed by atoms with Crippen molar-refractivity contribution in [3.8, 4) is 0 Å². The van der Waals surface area contributed by atoms with Gasteiger partial charge in [-0.05, 0) is 84.6 Å². The first-order chi connectivity index (χ1) is 20.7. The van der Waals surface area contributed by atoms with Gasteiger partial charge in [-0.25, -0.2) is 0 Å². The lowest BCUT2D eigenvalue weighted by Crippen LogP contribution is -2.57. The number of hydrogen-bond acceptors (Lipinski definition) is 4. The molecule has 2 aromatic rings. The van der Waals surface area contributed by atoms with E-state index in [1.165, 1.54) is 30.4 Å². The van der Waals surface area contributed by atoms with Gasteiger partial charge in [0, 0.05) is 51.1 Å². The molecule has 2 heterocycles. The number of nitrogens with one attached hydrogen (secondary N) is 2. The van der Waals surface area contributed by atoms with Crippen molar-refractivity contribution in [2.45, 2.75) is 76.4 Å². The minimum absolute atomic E-state index is 0.0199. The van der Waals surface area contributed by atoms with E-state index in [9.17, 15) is 14.4 Å². The SMILES string of the molecule is CN(C)C(=O)[C@@H]1CC2(CCN(C(=O)[C@@H](Cc3ccc(Cl)cc3)NC(=O)[C@H]3Cc4ccccc4CN3)CC2)C2CCCCC21. The van der Waals surface area contributed by atoms with Gasteiger partial charge < -0.3 is 20.4 Å². The van der Waals surface area contributed by atoms with Crippen LogP contribution >= 0.6 is 11.6 Å². The number of likely N-dealkylation sites (tertiary alicyclic amines) is 1. The second kappa shape index (κ2) is 12.6. The van der Waals surface area contributed by atoms with Crippen molar-refractivity contribution in [3.05, 3.63) is 70.2 Å². The van der Waals surface area contributed by atoms with Gasteiger partial charge in [-0.2, -0.15) is 0 Å². The largest absolute Gasteiger partial charge is 0.349 e. The summed E-state index contributed by atoms with van der Waals surface area (Å²) in [5.41, 5.74) is 3.48. The molecule has 230 valence electrons. The second-order valence-electron chi connectivity index (χ2n) is 13.6. The molecule has 8 heteroatoms. The number of hydrogen-bond donors (Lipinski definition) is 2. The highest BCUT2D eigenvalue weighted by atomic mass is 35.5. The monoisotopic (exact) mass is 604 g/mol. The highest BCUT2D eigenvalue weighted by Gasteiger charge is 2.56. The van der Waals surface area contributed by atoms with E-state index < -0.39 is 6.04 Å². The van der Waals surface area contributed by atoms with Crippen LogP contribution in [0.25, 0.3) is 0 Å². The molecule has 43 heavy (non-hydrogen) atoms. The van der Waals surface area contributed by atoms with Crippen LogP contribution in [0.4, 0.5) is 0 Å². The molecule has 2 N–H and O–H groups in total. The smallest absolute Gasteiger partial charge is 0.245 e. The molecule has 6 rings (SSSR count). The number of amides is 3. The van der Waals surface area contributed by atoms with E-state index in [-0.39, 0.29) is 35.1 Å². The average Bonchev–Trinajstić information content (AvgIpc) is 3.34. The van der Waals surface area contributed by atoms with Gasteiger partial charge in [0.2, 0.25) is 17.7 Å². The molecule has 0 aromatic heterocycles. The van der Waals surface area contributed by atoms with Crippen LogP contribution in [0, 0.1) is 23.2 Å². The molecule has 0 radical (unpaired) electrons. The Hall–Kier alpha value is -2.90. The van der Waals surface area contributed by atoms with Gasteiger partial charge in [-0.3, -0.25) is 14.4 Å². The molecule has 1 saturated heterocycles. The van der Waals surface area contributed by atoms with E-state index in [0.29, 0.717) is 49.3 Å². The predicted molar refractivity (Wildman–Crippen MR) is 168 cm³/mol. The molecule has 1 spiro atoms. The summed E-state index contributed by atoms with van der Waals surface area (Å²) in [5, 5.41) is 7.15. The number of carbonyl (C=O) groups excluding carboxylic acids is 3. The molecule has 2 unspecified atom stereocenters. The van der Waals surface area contributed by atoms with Crippen molar-refractivity contribution >= 4 is 29.3 Å². The number of halogens is 1. The highest BCUT2D eigenvalue weighted by Crippen LogP contribution is 2.60. The van der Waals surface area contributed by atoms with Crippen molar-refractivity contribution in [1.82, 2.24) is 20.4 Å². The molecule has 7 nitrogen and oxygen atoms in total. The summed E-state index contributed by atoms with van der Waals surface area (Å²) >= 11 is 6.14. The maximum Gasteiger partial charge on any atom is 0.245 e. The molecule has 2 aliphatic carbocycles. The second-order valence-corrected chi connectivity index (χ2v) is 14.0. The number of benzene rings is 2. The minimum atomic E-state index is -0.657. The molecule has 2 aromatic carbocycles. The van der Waals surface area contributed by atoms with Gasteiger partial charge in [0.05, 0.1) is 6.04 Å². The van der Waals surface area contributed by atoms with E-state index in [2.05, 4.69) is 22.8 Å². The predicted octanol–water partition coefficient (Wildman–Crippen LogP) is 4.61. The molecule has 2 saturated carbocycles. The number of rotatable bonds is 6. The van der Waals surface area contributed by atoms with Crippen molar-refractivity contribution < 1.29 is 14.4 Å². The lowest BCUT2D eigenvalue weighted by Gasteiger charge is -2.46. The first-order valence-corrected chi connectivity index (χ1v) is 16.5. The van der Waals surface area contributed by atoms with E-state index >= 15 is 0 Å². The Morgan fingerprint density at radius 2 is 1.72 bits per heavy atom. The third kappa shape index (κ3) is 6.21. The molecule has 3 amide bonds. The zero-order valence-corrected chi connectivity index (χ0v) is 26.2. The lowest BCUT2D eigenvalue weighted by molar-refractivity contribution is -0.139. The maximum absolute atomic E-state index is 14.1. The molecule has 4 aliphatic rings. The molecular formula is C35H45ClN4O3. The Morgan fingerprint density at radius 3 is 2.44 bits per heavy atom. The van der Waals surface area contributed by atoms with Crippen LogP contribution in [0.5, 0.6) is 0 Å². The van der Waals surface area contributed by atoms with Gasteiger partial charge >= 0.3 is 0 Å². The molecular weight excluding hydrogens is 560 g/mol. The van der Waals surface area contributed by atoms with Gasteiger partial charge in [0.25, 0.3) is 0 Å². The fraction of sp³-hybridized carbons (Fsp3) is 0.571. The van der Waals surface area contributed by atoms with Crippen molar-refractivity contribution in [2.75, 3.05) is 27.2 Å². The number of piperidine rings is 1. The fourth-order valence-corrected chi connectivity index (χ4v) is 8.81. The standard InChI is InChI=1S/C35H45ClN4O3/c1-39(2)33(42)28-21-35(29-10-6-5-9-27(28)29)15-17-40(18-16-35)34(43)31(19-23-11-13-26(36)14-12-23)38-32(41)30-20-24-7-3-4-8-25(24)22-37-30/h3-4,7-8,11-14,27-31,37H,5-6,9-10,15-22H2,1-2H3,(H,38,41)/t27?,28-,29?,30-,31-/m1/s1. The van der Waals surface area contributed by atoms with E-state index in [4.69, 9.17) is 11.6 Å². The summed E-state index contributed by atoms with van der Waals surface area (Å²) in [4.78, 5) is 44.6. The Morgan fingerprint density at radius 1 is 1.02 bits per heavy atom. The highest BCUT2D eigenvalue weighted by molar-refractivity contribution is 6.30. The summed E-state index contributed by atoms with van der Waals surface area (Å²) in [7, 11) is 3.76. The van der Waals surface area contributed by atoms with E-state index in [1.54, 1.807) is 4.90 Å². The first-order valence-electron chi connectivity index (χ1n) is 16.1. The van der Waals surface area contributed by atoms with E-state index in [0.717, 1.165) is 31.2 Å². The minimum Gasteiger partial charge on any atom is -0.349 e. The van der Waals surface area contributed by atoms with Crippen molar-refractivity contribution in [2.24, 2.45) is 23.2 Å². The normalized spacial score (nSPS) is 26.7. The number of fused-ring (bicyclic) bond motifs is 3. The molecule has 3 fully saturated rings.